The molecule has 3 N–H and O–H groups in total. The Balaban J connectivity index is 2.15. The maximum absolute atomic E-state index is 13.1. The monoisotopic (exact) mass is 359 g/mol. The lowest BCUT2D eigenvalue weighted by Gasteiger charge is -2.22. The highest BCUT2D eigenvalue weighted by Crippen LogP contribution is 2.34. The molecule has 0 saturated carbocycles. The van der Waals surface area contributed by atoms with E-state index in [1.165, 1.54) is 12.1 Å². The molecule has 0 atom stereocenters. The van der Waals surface area contributed by atoms with E-state index in [2.05, 4.69) is 5.32 Å². The molecule has 25 heavy (non-hydrogen) atoms. The van der Waals surface area contributed by atoms with E-state index in [4.69, 9.17) is 16.3 Å². The summed E-state index contributed by atoms with van der Waals surface area (Å²) in [6, 6.07) is 9.37. The zero-order valence-corrected chi connectivity index (χ0v) is 14.4. The quantitative estimate of drug-likeness (QED) is 0.443. The number of hydrogen-bond acceptors (Lipinski definition) is 5. The van der Waals surface area contributed by atoms with Crippen LogP contribution in [0.1, 0.15) is 27.9 Å². The van der Waals surface area contributed by atoms with E-state index in [0.717, 1.165) is 6.42 Å². The number of rotatable bonds is 3. The van der Waals surface area contributed by atoms with E-state index >= 15 is 0 Å². The van der Waals surface area contributed by atoms with Crippen molar-refractivity contribution in [3.05, 3.63) is 64.0 Å². The molecule has 6 heteroatoms. The topological polar surface area (TPSA) is 78.8 Å². The number of benzene rings is 2. The Labute approximate surface area is 150 Å². The van der Waals surface area contributed by atoms with Gasteiger partial charge in [0.2, 0.25) is 0 Å². The van der Waals surface area contributed by atoms with Crippen LogP contribution in [0.4, 0.5) is 0 Å². The lowest BCUT2D eigenvalue weighted by molar-refractivity contribution is 0.104. The number of hydrogen-bond donors (Lipinski definition) is 3. The fraction of sp³-hybridized carbons (Fsp3) is 0.211. The summed E-state index contributed by atoms with van der Waals surface area (Å²) in [6.07, 6.45) is 0.839. The average Bonchev–Trinajstić information content (AvgIpc) is 2.61. The summed E-state index contributed by atoms with van der Waals surface area (Å²) in [5.74, 6) is -0.408. The number of carbonyl (C=O) groups excluding carboxylic acids is 1. The van der Waals surface area contributed by atoms with Gasteiger partial charge < -0.3 is 20.3 Å². The van der Waals surface area contributed by atoms with Crippen molar-refractivity contribution >= 4 is 23.0 Å². The van der Waals surface area contributed by atoms with E-state index < -0.39 is 0 Å². The highest BCUT2D eigenvalue weighted by atomic mass is 35.5. The molecule has 3 rings (SSSR count). The zero-order valence-electron chi connectivity index (χ0n) is 13.7. The molecule has 130 valence electrons. The Hall–Kier alpha value is -2.66. The molecule has 0 unspecified atom stereocenters. The second-order valence-electron chi connectivity index (χ2n) is 5.82. The minimum atomic E-state index is -0.293. The first-order valence-corrected chi connectivity index (χ1v) is 8.29. The molecule has 1 heterocycles. The molecule has 2 aromatic carbocycles. The van der Waals surface area contributed by atoms with Crippen molar-refractivity contribution in [2.24, 2.45) is 0 Å². The second kappa shape index (κ2) is 7.07. The Morgan fingerprint density at radius 1 is 1.16 bits per heavy atom. The molecule has 1 aliphatic heterocycles. The summed E-state index contributed by atoms with van der Waals surface area (Å²) >= 11 is 5.90. The lowest BCUT2D eigenvalue weighted by atomic mass is 9.93. The van der Waals surface area contributed by atoms with E-state index in [9.17, 15) is 15.0 Å². The van der Waals surface area contributed by atoms with Gasteiger partial charge in [-0.1, -0.05) is 11.6 Å². The molecule has 0 radical (unpaired) electrons. The van der Waals surface area contributed by atoms with Crippen LogP contribution in [0.15, 0.2) is 42.3 Å². The Morgan fingerprint density at radius 3 is 2.48 bits per heavy atom. The molecule has 0 aliphatic carbocycles. The van der Waals surface area contributed by atoms with Gasteiger partial charge in [-0.2, -0.15) is 0 Å². The highest BCUT2D eigenvalue weighted by Gasteiger charge is 2.25. The van der Waals surface area contributed by atoms with Crippen LogP contribution in [0.25, 0.3) is 5.57 Å². The van der Waals surface area contributed by atoms with Gasteiger partial charge in [0, 0.05) is 17.1 Å². The number of ether oxygens (including phenoxy) is 1. The van der Waals surface area contributed by atoms with Crippen molar-refractivity contribution in [3.63, 3.8) is 0 Å². The largest absolute Gasteiger partial charge is 0.504 e. The van der Waals surface area contributed by atoms with Crippen LogP contribution in [0, 0.1) is 6.92 Å². The van der Waals surface area contributed by atoms with Crippen molar-refractivity contribution in [1.29, 1.82) is 0 Å². The molecule has 1 fully saturated rings. The molecular weight excluding hydrogens is 342 g/mol. The summed E-state index contributed by atoms with van der Waals surface area (Å²) in [6.45, 7) is 2.95. The van der Waals surface area contributed by atoms with E-state index in [-0.39, 0.29) is 17.3 Å². The van der Waals surface area contributed by atoms with Crippen molar-refractivity contribution in [3.8, 4) is 11.5 Å². The molecule has 0 aromatic heterocycles. The van der Waals surface area contributed by atoms with Crippen LogP contribution in [0.3, 0.4) is 0 Å². The SMILES string of the molecule is Cc1cc(O)c(O)cc1/C(C(=O)c1ccc(Cl)cc1)=C1/NCCCO1. The molecule has 5 nitrogen and oxygen atoms in total. The van der Waals surface area contributed by atoms with E-state index in [1.807, 2.05) is 0 Å². The first kappa shape index (κ1) is 17.2. The third kappa shape index (κ3) is 3.56. The number of carbonyl (C=O) groups is 1. The Morgan fingerprint density at radius 2 is 1.84 bits per heavy atom. The van der Waals surface area contributed by atoms with Crippen molar-refractivity contribution < 1.29 is 19.7 Å². The van der Waals surface area contributed by atoms with Gasteiger partial charge in [0.1, 0.15) is 0 Å². The molecule has 1 aliphatic rings. The highest BCUT2D eigenvalue weighted by molar-refractivity contribution is 6.32. The van der Waals surface area contributed by atoms with Crippen LogP contribution < -0.4 is 5.32 Å². The van der Waals surface area contributed by atoms with Crippen molar-refractivity contribution in [1.82, 2.24) is 5.32 Å². The number of phenolic OH excluding ortho intramolecular Hbond substituents is 2. The minimum Gasteiger partial charge on any atom is -0.504 e. The zero-order chi connectivity index (χ0) is 18.0. The summed E-state index contributed by atoms with van der Waals surface area (Å²) in [7, 11) is 0. The third-order valence-corrected chi connectivity index (χ3v) is 4.26. The van der Waals surface area contributed by atoms with Crippen LogP contribution in [0.5, 0.6) is 11.5 Å². The number of allylic oxidation sites excluding steroid dienone is 1. The number of aromatic hydroxyl groups is 2. The van der Waals surface area contributed by atoms with Crippen molar-refractivity contribution in [2.45, 2.75) is 13.3 Å². The molecule has 0 amide bonds. The Bertz CT molecular complexity index is 835. The number of nitrogens with one attached hydrogen (secondary N) is 1. The summed E-state index contributed by atoms with van der Waals surface area (Å²) in [4.78, 5) is 13.1. The molecule has 0 bridgehead atoms. The van der Waals surface area contributed by atoms with Gasteiger partial charge in [0.05, 0.1) is 12.2 Å². The first-order chi connectivity index (χ1) is 12.0. The minimum absolute atomic E-state index is 0.234. The summed E-state index contributed by atoms with van der Waals surface area (Å²) in [5, 5.41) is 23.2. The Kier molecular flexibility index (Phi) is 4.86. The fourth-order valence-electron chi connectivity index (χ4n) is 2.70. The van der Waals surface area contributed by atoms with Crippen LogP contribution >= 0.6 is 11.6 Å². The number of aryl methyl sites for hydroxylation is 1. The normalized spacial score (nSPS) is 15.9. The number of phenols is 2. The van der Waals surface area contributed by atoms with E-state index in [0.29, 0.717) is 46.3 Å². The van der Waals surface area contributed by atoms with Crippen LogP contribution in [-0.4, -0.2) is 29.1 Å². The van der Waals surface area contributed by atoms with Gasteiger partial charge in [-0.25, -0.2) is 0 Å². The molecule has 1 saturated heterocycles. The van der Waals surface area contributed by atoms with Gasteiger partial charge in [-0.15, -0.1) is 0 Å². The van der Waals surface area contributed by atoms with Crippen LogP contribution in [-0.2, 0) is 4.74 Å². The second-order valence-corrected chi connectivity index (χ2v) is 6.26. The van der Waals surface area contributed by atoms with Gasteiger partial charge >= 0.3 is 0 Å². The van der Waals surface area contributed by atoms with E-state index in [1.54, 1.807) is 31.2 Å². The standard InChI is InChI=1S/C19H18ClNO4/c1-11-9-15(22)16(23)10-14(11)17(19-21-7-2-8-25-19)18(24)12-3-5-13(20)6-4-12/h3-6,9-10,21-23H,2,7-8H2,1H3/b19-17+. The number of ketones is 1. The molecule has 0 spiro atoms. The fourth-order valence-corrected chi connectivity index (χ4v) is 2.83. The lowest BCUT2D eigenvalue weighted by Crippen LogP contribution is -2.27. The third-order valence-electron chi connectivity index (χ3n) is 4.00. The number of Topliss-reactive ketones (excluding diaryl/α,β-unsaturated/α-hetero) is 1. The van der Waals surface area contributed by atoms with Gasteiger partial charge in [-0.3, -0.25) is 4.79 Å². The maximum atomic E-state index is 13.1. The summed E-state index contributed by atoms with van der Waals surface area (Å²) < 4.78 is 5.66. The molecule has 2 aromatic rings. The predicted molar refractivity (Wildman–Crippen MR) is 95.8 cm³/mol. The van der Waals surface area contributed by atoms with Crippen molar-refractivity contribution in [2.75, 3.05) is 13.2 Å². The van der Waals surface area contributed by atoms with Gasteiger partial charge in [0.15, 0.2) is 23.2 Å². The van der Waals surface area contributed by atoms with Crippen LogP contribution in [0.2, 0.25) is 5.02 Å². The maximum Gasteiger partial charge on any atom is 0.198 e. The molecular formula is C19H18ClNO4. The van der Waals surface area contributed by atoms with Gasteiger partial charge in [0.25, 0.3) is 0 Å². The first-order valence-electron chi connectivity index (χ1n) is 7.91. The summed E-state index contributed by atoms with van der Waals surface area (Å²) in [5.41, 5.74) is 1.92. The smallest absolute Gasteiger partial charge is 0.198 e. The number of halogens is 1. The average molecular weight is 360 g/mol. The predicted octanol–water partition coefficient (Wildman–Crippen LogP) is 3.62. The van der Waals surface area contributed by atoms with Gasteiger partial charge in [-0.05, 0) is 60.9 Å².